The van der Waals surface area contributed by atoms with Gasteiger partial charge in [-0.15, -0.1) is 0 Å². The Balaban J connectivity index is 1.98. The van der Waals surface area contributed by atoms with Crippen molar-refractivity contribution in [1.82, 2.24) is 10.2 Å². The molecular formula is C15H23FN2. The van der Waals surface area contributed by atoms with Crippen molar-refractivity contribution in [3.63, 3.8) is 0 Å². The highest BCUT2D eigenvalue weighted by Crippen LogP contribution is 2.16. The number of rotatable bonds is 4. The van der Waals surface area contributed by atoms with Gasteiger partial charge in [-0.25, -0.2) is 4.39 Å². The summed E-state index contributed by atoms with van der Waals surface area (Å²) in [5.74, 6) is 0.559. The largest absolute Gasteiger partial charge is 0.314 e. The topological polar surface area (TPSA) is 15.3 Å². The molecule has 2 nitrogen and oxygen atoms in total. The SMILES string of the molecule is CC(C)CC1CNCCN1Cc1ccc(F)cc1. The molecule has 1 aromatic carbocycles. The molecule has 1 heterocycles. The second kappa shape index (κ2) is 6.30. The number of nitrogens with one attached hydrogen (secondary N) is 1. The first-order valence-corrected chi connectivity index (χ1v) is 6.84. The van der Waals surface area contributed by atoms with Crippen LogP contribution in [-0.4, -0.2) is 30.6 Å². The standard InChI is InChI=1S/C15H23FN2/c1-12(2)9-15-10-17-7-8-18(15)11-13-3-5-14(16)6-4-13/h3-6,12,15,17H,7-11H2,1-2H3. The number of halogens is 1. The van der Waals surface area contributed by atoms with Gasteiger partial charge in [0.15, 0.2) is 0 Å². The van der Waals surface area contributed by atoms with Crippen LogP contribution in [0.4, 0.5) is 4.39 Å². The molecule has 0 aromatic heterocycles. The van der Waals surface area contributed by atoms with Gasteiger partial charge in [-0.3, -0.25) is 4.90 Å². The summed E-state index contributed by atoms with van der Waals surface area (Å²) in [5.41, 5.74) is 1.20. The minimum atomic E-state index is -0.155. The Morgan fingerprint density at radius 1 is 1.33 bits per heavy atom. The van der Waals surface area contributed by atoms with E-state index in [1.54, 1.807) is 12.1 Å². The predicted molar refractivity (Wildman–Crippen MR) is 72.9 cm³/mol. The Bertz CT molecular complexity index is 361. The molecule has 100 valence electrons. The van der Waals surface area contributed by atoms with Gasteiger partial charge in [-0.2, -0.15) is 0 Å². The fourth-order valence-corrected chi connectivity index (χ4v) is 2.61. The van der Waals surface area contributed by atoms with Crippen LogP contribution in [0.15, 0.2) is 24.3 Å². The highest BCUT2D eigenvalue weighted by molar-refractivity contribution is 5.16. The average molecular weight is 250 g/mol. The van der Waals surface area contributed by atoms with Gasteiger partial charge in [-0.05, 0) is 30.0 Å². The van der Waals surface area contributed by atoms with E-state index in [9.17, 15) is 4.39 Å². The lowest BCUT2D eigenvalue weighted by Gasteiger charge is -2.37. The lowest BCUT2D eigenvalue weighted by atomic mass is 10.00. The molecule has 0 amide bonds. The Kier molecular flexibility index (Phi) is 4.72. The maximum Gasteiger partial charge on any atom is 0.123 e. The summed E-state index contributed by atoms with van der Waals surface area (Å²) in [6, 6.07) is 7.49. The van der Waals surface area contributed by atoms with Gasteiger partial charge in [0.1, 0.15) is 5.82 Å². The van der Waals surface area contributed by atoms with Crippen LogP contribution in [0.1, 0.15) is 25.8 Å². The molecule has 0 radical (unpaired) electrons. The van der Waals surface area contributed by atoms with Crippen molar-refractivity contribution in [2.24, 2.45) is 5.92 Å². The molecule has 1 aliphatic rings. The zero-order valence-electron chi connectivity index (χ0n) is 11.3. The van der Waals surface area contributed by atoms with Gasteiger partial charge in [0.2, 0.25) is 0 Å². The van der Waals surface area contributed by atoms with E-state index in [0.29, 0.717) is 12.0 Å². The van der Waals surface area contributed by atoms with Crippen molar-refractivity contribution in [2.75, 3.05) is 19.6 Å². The van der Waals surface area contributed by atoms with Gasteiger partial charge in [0.25, 0.3) is 0 Å². The molecule has 0 bridgehead atoms. The number of hydrogen-bond donors (Lipinski definition) is 1. The average Bonchev–Trinajstić information content (AvgIpc) is 2.34. The molecule has 1 unspecified atom stereocenters. The summed E-state index contributed by atoms with van der Waals surface area (Å²) in [6.07, 6.45) is 1.22. The second-order valence-electron chi connectivity index (χ2n) is 5.58. The number of hydrogen-bond acceptors (Lipinski definition) is 2. The van der Waals surface area contributed by atoms with Crippen molar-refractivity contribution in [1.29, 1.82) is 0 Å². The first kappa shape index (κ1) is 13.5. The van der Waals surface area contributed by atoms with Crippen LogP contribution >= 0.6 is 0 Å². The van der Waals surface area contributed by atoms with E-state index in [1.165, 1.54) is 12.0 Å². The summed E-state index contributed by atoms with van der Waals surface area (Å²) in [5, 5.41) is 3.46. The zero-order chi connectivity index (χ0) is 13.0. The third kappa shape index (κ3) is 3.79. The van der Waals surface area contributed by atoms with E-state index in [4.69, 9.17) is 0 Å². The molecule has 1 aliphatic heterocycles. The zero-order valence-corrected chi connectivity index (χ0v) is 11.3. The summed E-state index contributed by atoms with van der Waals surface area (Å²) in [6.45, 7) is 8.67. The van der Waals surface area contributed by atoms with Crippen LogP contribution in [0.5, 0.6) is 0 Å². The van der Waals surface area contributed by atoms with E-state index in [-0.39, 0.29) is 5.82 Å². The molecule has 2 rings (SSSR count). The van der Waals surface area contributed by atoms with Crippen molar-refractivity contribution < 1.29 is 4.39 Å². The molecule has 1 atom stereocenters. The highest BCUT2D eigenvalue weighted by atomic mass is 19.1. The van der Waals surface area contributed by atoms with Crippen LogP contribution in [0, 0.1) is 11.7 Å². The molecule has 1 saturated heterocycles. The molecule has 0 saturated carbocycles. The van der Waals surface area contributed by atoms with E-state index < -0.39 is 0 Å². The van der Waals surface area contributed by atoms with Crippen molar-refractivity contribution >= 4 is 0 Å². The van der Waals surface area contributed by atoms with Gasteiger partial charge < -0.3 is 5.32 Å². The van der Waals surface area contributed by atoms with Crippen LogP contribution in [-0.2, 0) is 6.54 Å². The lowest BCUT2D eigenvalue weighted by molar-refractivity contribution is 0.134. The third-order valence-electron chi connectivity index (χ3n) is 3.51. The molecule has 3 heteroatoms. The van der Waals surface area contributed by atoms with Crippen molar-refractivity contribution in [3.8, 4) is 0 Å². The first-order valence-electron chi connectivity index (χ1n) is 6.84. The van der Waals surface area contributed by atoms with Crippen LogP contribution in [0.2, 0.25) is 0 Å². The number of nitrogens with zero attached hydrogens (tertiary/aromatic N) is 1. The highest BCUT2D eigenvalue weighted by Gasteiger charge is 2.22. The van der Waals surface area contributed by atoms with Gasteiger partial charge in [-0.1, -0.05) is 26.0 Å². The Hall–Kier alpha value is -0.930. The second-order valence-corrected chi connectivity index (χ2v) is 5.58. The minimum Gasteiger partial charge on any atom is -0.314 e. The summed E-state index contributed by atoms with van der Waals surface area (Å²) < 4.78 is 12.9. The number of benzene rings is 1. The number of piperazine rings is 1. The molecule has 1 N–H and O–H groups in total. The predicted octanol–water partition coefficient (Wildman–Crippen LogP) is 2.65. The van der Waals surface area contributed by atoms with Gasteiger partial charge >= 0.3 is 0 Å². The summed E-state index contributed by atoms with van der Waals surface area (Å²) >= 11 is 0. The molecule has 18 heavy (non-hydrogen) atoms. The first-order chi connectivity index (χ1) is 8.65. The maximum atomic E-state index is 12.9. The monoisotopic (exact) mass is 250 g/mol. The smallest absolute Gasteiger partial charge is 0.123 e. The molecular weight excluding hydrogens is 227 g/mol. The quantitative estimate of drug-likeness (QED) is 0.883. The molecule has 1 fully saturated rings. The van der Waals surface area contributed by atoms with E-state index in [1.807, 2.05) is 12.1 Å². The van der Waals surface area contributed by atoms with Gasteiger partial charge in [0.05, 0.1) is 0 Å². The summed E-state index contributed by atoms with van der Waals surface area (Å²) in [7, 11) is 0. The van der Waals surface area contributed by atoms with Crippen LogP contribution in [0.3, 0.4) is 0 Å². The van der Waals surface area contributed by atoms with Crippen LogP contribution in [0.25, 0.3) is 0 Å². The van der Waals surface area contributed by atoms with E-state index in [0.717, 1.165) is 26.2 Å². The fraction of sp³-hybridized carbons (Fsp3) is 0.600. The van der Waals surface area contributed by atoms with Crippen molar-refractivity contribution in [2.45, 2.75) is 32.9 Å². The lowest BCUT2D eigenvalue weighted by Crippen LogP contribution is -2.51. The molecule has 1 aromatic rings. The third-order valence-corrected chi connectivity index (χ3v) is 3.51. The Morgan fingerprint density at radius 3 is 2.72 bits per heavy atom. The fourth-order valence-electron chi connectivity index (χ4n) is 2.61. The minimum absolute atomic E-state index is 0.155. The Morgan fingerprint density at radius 2 is 2.06 bits per heavy atom. The normalized spacial score (nSPS) is 21.4. The Labute approximate surface area is 109 Å². The van der Waals surface area contributed by atoms with Gasteiger partial charge in [0, 0.05) is 32.2 Å². The molecule has 0 aliphatic carbocycles. The molecule has 0 spiro atoms. The van der Waals surface area contributed by atoms with Crippen LogP contribution < -0.4 is 5.32 Å². The maximum absolute atomic E-state index is 12.9. The van der Waals surface area contributed by atoms with E-state index >= 15 is 0 Å². The summed E-state index contributed by atoms with van der Waals surface area (Å²) in [4.78, 5) is 2.52. The van der Waals surface area contributed by atoms with Crippen molar-refractivity contribution in [3.05, 3.63) is 35.6 Å². The van der Waals surface area contributed by atoms with E-state index in [2.05, 4.69) is 24.1 Å².